The van der Waals surface area contributed by atoms with Crippen molar-refractivity contribution in [1.82, 2.24) is 10.2 Å². The quantitative estimate of drug-likeness (QED) is 0.766. The van der Waals surface area contributed by atoms with Gasteiger partial charge in [0.1, 0.15) is 0 Å². The molecule has 0 heterocycles. The Hall–Kier alpha value is -0.0800. The molecular formula is C15H32N2. The lowest BCUT2D eigenvalue weighted by molar-refractivity contribution is 0.168. The zero-order chi connectivity index (χ0) is 12.8. The second kappa shape index (κ2) is 7.38. The summed E-state index contributed by atoms with van der Waals surface area (Å²) < 4.78 is 0. The summed E-state index contributed by atoms with van der Waals surface area (Å²) in [5.74, 6) is 0.871. The van der Waals surface area contributed by atoms with E-state index in [2.05, 4.69) is 44.8 Å². The fraction of sp³-hybridized carbons (Fsp3) is 1.00. The zero-order valence-corrected chi connectivity index (χ0v) is 12.5. The molecule has 0 aliphatic heterocycles. The van der Waals surface area contributed by atoms with Crippen LogP contribution in [0.4, 0.5) is 0 Å². The van der Waals surface area contributed by atoms with E-state index in [1.165, 1.54) is 32.2 Å². The molecule has 0 aromatic rings. The predicted octanol–water partition coefficient (Wildman–Crippen LogP) is 3.27. The first-order valence-electron chi connectivity index (χ1n) is 7.51. The average Bonchev–Trinajstić information content (AvgIpc) is 2.25. The van der Waals surface area contributed by atoms with Crippen LogP contribution in [-0.4, -0.2) is 36.1 Å². The molecule has 1 fully saturated rings. The summed E-state index contributed by atoms with van der Waals surface area (Å²) in [5, 5.41) is 3.77. The Labute approximate surface area is 108 Å². The van der Waals surface area contributed by atoms with E-state index in [9.17, 15) is 0 Å². The number of nitrogens with zero attached hydrogens (tertiary/aromatic N) is 1. The van der Waals surface area contributed by atoms with Gasteiger partial charge < -0.3 is 5.32 Å². The first-order chi connectivity index (χ1) is 8.02. The van der Waals surface area contributed by atoms with Crippen LogP contribution in [0.1, 0.15) is 60.3 Å². The normalized spacial score (nSPS) is 26.1. The molecule has 0 saturated heterocycles. The molecule has 2 heteroatoms. The van der Waals surface area contributed by atoms with Crippen molar-refractivity contribution in [2.45, 2.75) is 78.4 Å². The van der Waals surface area contributed by atoms with E-state index < -0.39 is 0 Å². The van der Waals surface area contributed by atoms with Crippen molar-refractivity contribution in [3.05, 3.63) is 0 Å². The Morgan fingerprint density at radius 1 is 1.06 bits per heavy atom. The SMILES string of the molecule is CC1CCCCC1NCCN(C(C)C)C(C)C. The molecule has 0 bridgehead atoms. The van der Waals surface area contributed by atoms with Gasteiger partial charge in [-0.25, -0.2) is 0 Å². The minimum atomic E-state index is 0.653. The van der Waals surface area contributed by atoms with Crippen LogP contribution in [0, 0.1) is 5.92 Å². The third kappa shape index (κ3) is 4.97. The molecule has 1 rings (SSSR count). The summed E-state index contributed by atoms with van der Waals surface area (Å²) >= 11 is 0. The van der Waals surface area contributed by atoms with E-state index in [0.29, 0.717) is 12.1 Å². The Balaban J connectivity index is 2.25. The molecule has 2 atom stereocenters. The number of rotatable bonds is 6. The molecule has 1 saturated carbocycles. The second-order valence-corrected chi connectivity index (χ2v) is 6.25. The van der Waals surface area contributed by atoms with Gasteiger partial charge in [-0.1, -0.05) is 19.8 Å². The van der Waals surface area contributed by atoms with Crippen LogP contribution in [0.3, 0.4) is 0 Å². The summed E-state index contributed by atoms with van der Waals surface area (Å²) in [6, 6.07) is 2.08. The van der Waals surface area contributed by atoms with Crippen molar-refractivity contribution in [2.24, 2.45) is 5.92 Å². The molecule has 0 radical (unpaired) electrons. The summed E-state index contributed by atoms with van der Waals surface area (Å²) in [6.07, 6.45) is 5.64. The third-order valence-corrected chi connectivity index (χ3v) is 4.21. The van der Waals surface area contributed by atoms with Gasteiger partial charge in [0, 0.05) is 31.2 Å². The van der Waals surface area contributed by atoms with Crippen LogP contribution in [0.2, 0.25) is 0 Å². The summed E-state index contributed by atoms with van der Waals surface area (Å²) in [6.45, 7) is 13.9. The van der Waals surface area contributed by atoms with Gasteiger partial charge in [-0.2, -0.15) is 0 Å². The molecule has 2 unspecified atom stereocenters. The lowest BCUT2D eigenvalue weighted by atomic mass is 9.86. The molecule has 102 valence electrons. The van der Waals surface area contributed by atoms with Gasteiger partial charge >= 0.3 is 0 Å². The van der Waals surface area contributed by atoms with Crippen LogP contribution in [0.15, 0.2) is 0 Å². The van der Waals surface area contributed by atoms with Crippen LogP contribution in [0.5, 0.6) is 0 Å². The van der Waals surface area contributed by atoms with E-state index in [4.69, 9.17) is 0 Å². The average molecular weight is 240 g/mol. The van der Waals surface area contributed by atoms with Crippen LogP contribution >= 0.6 is 0 Å². The van der Waals surface area contributed by atoms with Crippen molar-refractivity contribution in [3.63, 3.8) is 0 Å². The Bertz CT molecular complexity index is 193. The fourth-order valence-corrected chi connectivity index (χ4v) is 3.11. The van der Waals surface area contributed by atoms with Gasteiger partial charge in [0.15, 0.2) is 0 Å². The molecule has 1 aliphatic carbocycles. The Kier molecular flexibility index (Phi) is 6.50. The maximum atomic E-state index is 3.77. The molecule has 1 N–H and O–H groups in total. The van der Waals surface area contributed by atoms with Gasteiger partial charge in [0.05, 0.1) is 0 Å². The molecule has 0 aromatic heterocycles. The molecule has 0 aromatic carbocycles. The monoisotopic (exact) mass is 240 g/mol. The highest BCUT2D eigenvalue weighted by atomic mass is 15.2. The number of nitrogens with one attached hydrogen (secondary N) is 1. The van der Waals surface area contributed by atoms with E-state index in [1.54, 1.807) is 0 Å². The van der Waals surface area contributed by atoms with Gasteiger partial charge in [-0.3, -0.25) is 4.90 Å². The molecule has 17 heavy (non-hydrogen) atoms. The molecule has 0 amide bonds. The van der Waals surface area contributed by atoms with E-state index >= 15 is 0 Å². The second-order valence-electron chi connectivity index (χ2n) is 6.25. The summed E-state index contributed by atoms with van der Waals surface area (Å²) in [7, 11) is 0. The van der Waals surface area contributed by atoms with Gasteiger partial charge in [-0.05, 0) is 46.5 Å². The van der Waals surface area contributed by atoms with Crippen molar-refractivity contribution >= 4 is 0 Å². The highest BCUT2D eigenvalue weighted by Crippen LogP contribution is 2.23. The molecule has 1 aliphatic rings. The maximum Gasteiger partial charge on any atom is 0.0112 e. The number of hydrogen-bond donors (Lipinski definition) is 1. The molecule has 2 nitrogen and oxygen atoms in total. The van der Waals surface area contributed by atoms with Crippen LogP contribution in [0.25, 0.3) is 0 Å². The van der Waals surface area contributed by atoms with E-state index in [0.717, 1.165) is 18.5 Å². The van der Waals surface area contributed by atoms with Crippen molar-refractivity contribution in [1.29, 1.82) is 0 Å². The van der Waals surface area contributed by atoms with Crippen LogP contribution < -0.4 is 5.32 Å². The predicted molar refractivity (Wildman–Crippen MR) is 76.4 cm³/mol. The highest BCUT2D eigenvalue weighted by molar-refractivity contribution is 4.79. The van der Waals surface area contributed by atoms with Gasteiger partial charge in [0.2, 0.25) is 0 Å². The van der Waals surface area contributed by atoms with Crippen molar-refractivity contribution in [2.75, 3.05) is 13.1 Å². The Morgan fingerprint density at radius 3 is 2.18 bits per heavy atom. The zero-order valence-electron chi connectivity index (χ0n) is 12.5. The summed E-state index contributed by atoms with van der Waals surface area (Å²) in [5.41, 5.74) is 0. The third-order valence-electron chi connectivity index (χ3n) is 4.21. The standard InChI is InChI=1S/C15H32N2/c1-12(2)17(13(3)4)11-10-16-15-9-7-6-8-14(15)5/h12-16H,6-11H2,1-5H3. The first kappa shape index (κ1) is 15.0. The maximum absolute atomic E-state index is 3.77. The highest BCUT2D eigenvalue weighted by Gasteiger charge is 2.21. The smallest absolute Gasteiger partial charge is 0.0112 e. The Morgan fingerprint density at radius 2 is 1.65 bits per heavy atom. The van der Waals surface area contributed by atoms with Crippen molar-refractivity contribution in [3.8, 4) is 0 Å². The largest absolute Gasteiger partial charge is 0.312 e. The van der Waals surface area contributed by atoms with Gasteiger partial charge in [-0.15, -0.1) is 0 Å². The lowest BCUT2D eigenvalue weighted by Gasteiger charge is -2.33. The molecular weight excluding hydrogens is 208 g/mol. The minimum absolute atomic E-state index is 0.653. The summed E-state index contributed by atoms with van der Waals surface area (Å²) in [4.78, 5) is 2.57. The minimum Gasteiger partial charge on any atom is -0.312 e. The first-order valence-corrected chi connectivity index (χ1v) is 7.51. The van der Waals surface area contributed by atoms with Crippen molar-refractivity contribution < 1.29 is 0 Å². The van der Waals surface area contributed by atoms with Gasteiger partial charge in [0.25, 0.3) is 0 Å². The lowest BCUT2D eigenvalue weighted by Crippen LogP contribution is -2.45. The topological polar surface area (TPSA) is 15.3 Å². The van der Waals surface area contributed by atoms with E-state index in [-0.39, 0.29) is 0 Å². The molecule has 0 spiro atoms. The van der Waals surface area contributed by atoms with E-state index in [1.807, 2.05) is 0 Å². The van der Waals surface area contributed by atoms with Crippen LogP contribution in [-0.2, 0) is 0 Å². The number of hydrogen-bond acceptors (Lipinski definition) is 2. The fourth-order valence-electron chi connectivity index (χ4n) is 3.11.